The number of phenols is 1. The predicted octanol–water partition coefficient (Wildman–Crippen LogP) is 3.85. The molecule has 1 saturated heterocycles. The molecule has 2 N–H and O–H groups in total. The highest BCUT2D eigenvalue weighted by Gasteiger charge is 2.30. The van der Waals surface area contributed by atoms with Gasteiger partial charge in [0, 0.05) is 32.2 Å². The summed E-state index contributed by atoms with van der Waals surface area (Å²) < 4.78 is 0. The maximum atomic E-state index is 10.9. The normalized spacial score (nSPS) is 18.0. The fourth-order valence-electron chi connectivity index (χ4n) is 3.53. The molecule has 4 heteroatoms. The van der Waals surface area contributed by atoms with Gasteiger partial charge in [-0.05, 0) is 39.7 Å². The molecule has 0 unspecified atom stereocenters. The van der Waals surface area contributed by atoms with Crippen molar-refractivity contribution < 1.29 is 5.11 Å². The van der Waals surface area contributed by atoms with Crippen LogP contribution in [0, 0.1) is 11.3 Å². The number of benzene rings is 1. The van der Waals surface area contributed by atoms with Crippen molar-refractivity contribution in [3.63, 3.8) is 0 Å². The molecule has 1 atom stereocenters. The number of hydrogen-bond acceptors (Lipinski definition) is 4. The number of phenolic OH excluding ortho intramolecular Hbond substituents is 1. The van der Waals surface area contributed by atoms with Gasteiger partial charge in [-0.15, -0.1) is 0 Å². The van der Waals surface area contributed by atoms with E-state index in [2.05, 4.69) is 70.0 Å². The Kier molecular flexibility index (Phi) is 5.81. The molecule has 0 saturated carbocycles. The zero-order chi connectivity index (χ0) is 18.8. The van der Waals surface area contributed by atoms with Gasteiger partial charge >= 0.3 is 0 Å². The van der Waals surface area contributed by atoms with Gasteiger partial charge in [0.2, 0.25) is 0 Å². The maximum absolute atomic E-state index is 10.9. The molecular formula is C21H33N3O. The van der Waals surface area contributed by atoms with Gasteiger partial charge in [0.05, 0.1) is 12.5 Å². The monoisotopic (exact) mass is 343 g/mol. The van der Waals surface area contributed by atoms with Crippen LogP contribution in [0.25, 0.3) is 0 Å². The molecule has 1 aromatic carbocycles. The minimum Gasteiger partial charge on any atom is -0.507 e. The molecule has 2 rings (SSSR count). The van der Waals surface area contributed by atoms with Gasteiger partial charge in [-0.25, -0.2) is 0 Å². The summed E-state index contributed by atoms with van der Waals surface area (Å²) in [7, 11) is 0. The number of nitriles is 1. The van der Waals surface area contributed by atoms with E-state index in [0.29, 0.717) is 12.2 Å². The first-order valence-corrected chi connectivity index (χ1v) is 9.25. The lowest BCUT2D eigenvalue weighted by atomic mass is 9.77. The van der Waals surface area contributed by atoms with Crippen LogP contribution in [-0.2, 0) is 10.8 Å². The summed E-state index contributed by atoms with van der Waals surface area (Å²) in [5, 5.41) is 23.7. The quantitative estimate of drug-likeness (QED) is 0.875. The third-order valence-corrected chi connectivity index (χ3v) is 5.01. The van der Waals surface area contributed by atoms with Gasteiger partial charge in [0.1, 0.15) is 5.75 Å². The Labute approximate surface area is 152 Å². The van der Waals surface area contributed by atoms with E-state index in [1.165, 1.54) is 0 Å². The minimum absolute atomic E-state index is 0.0786. The summed E-state index contributed by atoms with van der Waals surface area (Å²) in [5.74, 6) is 0.403. The summed E-state index contributed by atoms with van der Waals surface area (Å²) in [6.07, 6.45) is 0.470. The number of piperazine rings is 1. The molecule has 0 aliphatic carbocycles. The molecule has 1 fully saturated rings. The fraction of sp³-hybridized carbons (Fsp3) is 0.667. The maximum Gasteiger partial charge on any atom is 0.123 e. The summed E-state index contributed by atoms with van der Waals surface area (Å²) in [5.41, 5.74) is 2.78. The number of nitrogens with one attached hydrogen (secondary N) is 1. The average molecular weight is 344 g/mol. The molecule has 0 aromatic heterocycles. The first-order valence-electron chi connectivity index (χ1n) is 9.25. The average Bonchev–Trinajstić information content (AvgIpc) is 2.51. The van der Waals surface area contributed by atoms with Gasteiger partial charge < -0.3 is 10.4 Å². The molecule has 0 amide bonds. The zero-order valence-electron chi connectivity index (χ0n) is 16.6. The van der Waals surface area contributed by atoms with E-state index < -0.39 is 0 Å². The number of hydrogen-bond donors (Lipinski definition) is 2. The highest BCUT2D eigenvalue weighted by molar-refractivity contribution is 5.50. The van der Waals surface area contributed by atoms with Crippen LogP contribution in [0.1, 0.15) is 70.7 Å². The predicted molar refractivity (Wildman–Crippen MR) is 103 cm³/mol. The third kappa shape index (κ3) is 4.54. The molecule has 1 aliphatic rings. The summed E-state index contributed by atoms with van der Waals surface area (Å²) in [6, 6.07) is 6.69. The zero-order valence-corrected chi connectivity index (χ0v) is 16.6. The molecule has 25 heavy (non-hydrogen) atoms. The van der Waals surface area contributed by atoms with E-state index in [9.17, 15) is 10.4 Å². The Balaban J connectivity index is 2.59. The van der Waals surface area contributed by atoms with Crippen LogP contribution in [0.4, 0.5) is 0 Å². The SMILES string of the molecule is CC(C)(C)c1cc([C@H](CC#N)N2CCNCC2)cc(C(C)(C)C)c1O. The fourth-order valence-corrected chi connectivity index (χ4v) is 3.53. The van der Waals surface area contributed by atoms with Crippen LogP contribution in [0.5, 0.6) is 5.75 Å². The topological polar surface area (TPSA) is 59.3 Å². The first kappa shape index (κ1) is 19.8. The van der Waals surface area contributed by atoms with E-state index in [4.69, 9.17) is 0 Å². The van der Waals surface area contributed by atoms with Gasteiger partial charge in [-0.3, -0.25) is 4.90 Å². The second-order valence-corrected chi connectivity index (χ2v) is 9.13. The molecule has 1 heterocycles. The second-order valence-electron chi connectivity index (χ2n) is 9.13. The largest absolute Gasteiger partial charge is 0.507 e. The third-order valence-electron chi connectivity index (χ3n) is 5.01. The van der Waals surface area contributed by atoms with Crippen LogP contribution in [0.2, 0.25) is 0 Å². The van der Waals surface area contributed by atoms with E-state index in [1.54, 1.807) is 0 Å². The van der Waals surface area contributed by atoms with Gasteiger partial charge in [0.25, 0.3) is 0 Å². The van der Waals surface area contributed by atoms with Crippen LogP contribution >= 0.6 is 0 Å². The summed E-state index contributed by atoms with van der Waals surface area (Å²) in [4.78, 5) is 2.39. The molecular weight excluding hydrogens is 310 g/mol. The van der Waals surface area contributed by atoms with Crippen molar-refractivity contribution in [3.8, 4) is 11.8 Å². The van der Waals surface area contributed by atoms with Gasteiger partial charge in [0.15, 0.2) is 0 Å². The van der Waals surface area contributed by atoms with E-state index in [-0.39, 0.29) is 16.9 Å². The molecule has 0 spiro atoms. The van der Waals surface area contributed by atoms with E-state index in [1.807, 2.05) is 0 Å². The Morgan fingerprint density at radius 2 is 1.56 bits per heavy atom. The smallest absolute Gasteiger partial charge is 0.123 e. The highest BCUT2D eigenvalue weighted by Crippen LogP contribution is 2.42. The van der Waals surface area contributed by atoms with Gasteiger partial charge in [-0.1, -0.05) is 41.5 Å². The first-order chi connectivity index (χ1) is 11.6. The minimum atomic E-state index is -0.152. The number of aromatic hydroxyl groups is 1. The van der Waals surface area contributed by atoms with Crippen molar-refractivity contribution in [1.82, 2.24) is 10.2 Å². The Morgan fingerprint density at radius 3 is 1.96 bits per heavy atom. The molecule has 1 aromatic rings. The van der Waals surface area contributed by atoms with Crippen LogP contribution in [0.15, 0.2) is 12.1 Å². The van der Waals surface area contributed by atoms with Gasteiger partial charge in [-0.2, -0.15) is 5.26 Å². The van der Waals surface area contributed by atoms with Crippen molar-refractivity contribution in [2.24, 2.45) is 0 Å². The number of nitrogens with zero attached hydrogens (tertiary/aromatic N) is 2. The van der Waals surface area contributed by atoms with Crippen molar-refractivity contribution >= 4 is 0 Å². The molecule has 4 nitrogen and oxygen atoms in total. The lowest BCUT2D eigenvalue weighted by Gasteiger charge is -2.36. The van der Waals surface area contributed by atoms with Crippen LogP contribution in [0.3, 0.4) is 0 Å². The summed E-state index contributed by atoms with van der Waals surface area (Å²) >= 11 is 0. The number of rotatable bonds is 3. The highest BCUT2D eigenvalue weighted by atomic mass is 16.3. The Morgan fingerprint density at radius 1 is 1.08 bits per heavy atom. The van der Waals surface area contributed by atoms with E-state index in [0.717, 1.165) is 42.9 Å². The van der Waals surface area contributed by atoms with Crippen LogP contribution in [-0.4, -0.2) is 36.2 Å². The Bertz CT molecular complexity index is 606. The molecule has 138 valence electrons. The lowest BCUT2D eigenvalue weighted by molar-refractivity contribution is 0.175. The van der Waals surface area contributed by atoms with E-state index >= 15 is 0 Å². The molecule has 1 aliphatic heterocycles. The molecule has 0 bridgehead atoms. The standard InChI is InChI=1S/C21H33N3O/c1-20(2,3)16-13-15(14-17(19(16)25)21(4,5)6)18(7-8-22)24-11-9-23-10-12-24/h13-14,18,23,25H,7,9-12H2,1-6H3/t18-/m0/s1. The lowest BCUT2D eigenvalue weighted by Crippen LogP contribution is -2.45. The van der Waals surface area contributed by atoms with Crippen molar-refractivity contribution in [3.05, 3.63) is 28.8 Å². The molecule has 0 radical (unpaired) electrons. The van der Waals surface area contributed by atoms with Crippen molar-refractivity contribution in [1.29, 1.82) is 5.26 Å². The van der Waals surface area contributed by atoms with Crippen molar-refractivity contribution in [2.75, 3.05) is 26.2 Å². The second kappa shape index (κ2) is 7.35. The van der Waals surface area contributed by atoms with Crippen molar-refractivity contribution in [2.45, 2.75) is 64.8 Å². The summed E-state index contributed by atoms with van der Waals surface area (Å²) in [6.45, 7) is 16.6. The van der Waals surface area contributed by atoms with Crippen LogP contribution < -0.4 is 5.32 Å². The Hall–Kier alpha value is -1.57.